The molecule has 0 spiro atoms. The number of benzene rings is 2. The molecule has 20 heavy (non-hydrogen) atoms. The first-order valence-corrected chi connectivity index (χ1v) is 5.86. The molecule has 1 aromatic heterocycles. The molecule has 1 heterocycles. The van der Waals surface area contributed by atoms with Gasteiger partial charge in [-0.15, -0.1) is 10.2 Å². The topological polar surface area (TPSA) is 79.5 Å². The molecule has 0 aliphatic rings. The second kappa shape index (κ2) is 4.64. The highest BCUT2D eigenvalue weighted by Crippen LogP contribution is 2.24. The fourth-order valence-corrected chi connectivity index (χ4v) is 1.90. The number of aromatic nitrogens is 3. The summed E-state index contributed by atoms with van der Waals surface area (Å²) >= 11 is 0. The zero-order valence-electron chi connectivity index (χ0n) is 10.5. The van der Waals surface area contributed by atoms with E-state index in [4.69, 9.17) is 5.53 Å². The zero-order valence-corrected chi connectivity index (χ0v) is 10.5. The molecule has 0 bridgehead atoms. The number of halogens is 1. The molecule has 0 saturated heterocycles. The predicted molar refractivity (Wildman–Crippen MR) is 72.4 cm³/mol. The van der Waals surface area contributed by atoms with Crippen molar-refractivity contribution in [3.05, 3.63) is 58.2 Å². The SMILES string of the molecule is Cc1cc2nn(-c3ccc(F)cc3)nc2cc1N=[N+]=[N-]. The van der Waals surface area contributed by atoms with Crippen LogP contribution < -0.4 is 0 Å². The maximum atomic E-state index is 12.9. The molecule has 0 radical (unpaired) electrons. The normalized spacial score (nSPS) is 10.5. The van der Waals surface area contributed by atoms with E-state index >= 15 is 0 Å². The van der Waals surface area contributed by atoms with Gasteiger partial charge in [0.15, 0.2) is 0 Å². The summed E-state index contributed by atoms with van der Waals surface area (Å²) < 4.78 is 12.9. The van der Waals surface area contributed by atoms with E-state index in [1.807, 2.05) is 6.92 Å². The number of nitrogens with zero attached hydrogens (tertiary/aromatic N) is 6. The van der Waals surface area contributed by atoms with Crippen molar-refractivity contribution in [1.29, 1.82) is 0 Å². The van der Waals surface area contributed by atoms with Crippen molar-refractivity contribution in [3.8, 4) is 5.69 Å². The Hall–Kier alpha value is -2.92. The highest BCUT2D eigenvalue weighted by atomic mass is 19.1. The second-order valence-corrected chi connectivity index (χ2v) is 4.28. The summed E-state index contributed by atoms with van der Waals surface area (Å²) in [5, 5.41) is 12.2. The van der Waals surface area contributed by atoms with Crippen LogP contribution in [0.3, 0.4) is 0 Å². The molecule has 0 unspecified atom stereocenters. The van der Waals surface area contributed by atoms with E-state index in [-0.39, 0.29) is 5.82 Å². The maximum Gasteiger partial charge on any atom is 0.123 e. The molecule has 0 fully saturated rings. The van der Waals surface area contributed by atoms with Gasteiger partial charge in [-0.25, -0.2) is 4.39 Å². The maximum absolute atomic E-state index is 12.9. The summed E-state index contributed by atoms with van der Waals surface area (Å²) in [6.07, 6.45) is 0. The Bertz CT molecular complexity index is 830. The highest BCUT2D eigenvalue weighted by Gasteiger charge is 2.07. The van der Waals surface area contributed by atoms with Crippen LogP contribution in [0.5, 0.6) is 0 Å². The smallest absolute Gasteiger partial charge is 0.123 e. The Morgan fingerprint density at radius 1 is 1.15 bits per heavy atom. The molecule has 98 valence electrons. The lowest BCUT2D eigenvalue weighted by Crippen LogP contribution is -1.97. The third-order valence-electron chi connectivity index (χ3n) is 2.91. The number of hydrogen-bond donors (Lipinski definition) is 0. The molecule has 6 nitrogen and oxygen atoms in total. The molecule has 0 saturated carbocycles. The average molecular weight is 268 g/mol. The lowest BCUT2D eigenvalue weighted by molar-refractivity contribution is 0.626. The van der Waals surface area contributed by atoms with Gasteiger partial charge in [0, 0.05) is 10.6 Å². The Kier molecular flexibility index (Phi) is 2.81. The van der Waals surface area contributed by atoms with Crippen molar-refractivity contribution < 1.29 is 4.39 Å². The molecule has 3 aromatic rings. The molecule has 0 aliphatic carbocycles. The van der Waals surface area contributed by atoms with Crippen LogP contribution in [0.4, 0.5) is 10.1 Å². The quantitative estimate of drug-likeness (QED) is 0.402. The van der Waals surface area contributed by atoms with Crippen LogP contribution in [0, 0.1) is 12.7 Å². The van der Waals surface area contributed by atoms with Gasteiger partial charge in [-0.1, -0.05) is 5.11 Å². The van der Waals surface area contributed by atoms with Gasteiger partial charge in [-0.05, 0) is 54.4 Å². The van der Waals surface area contributed by atoms with E-state index in [1.165, 1.54) is 16.9 Å². The molecule has 0 atom stereocenters. The summed E-state index contributed by atoms with van der Waals surface area (Å²) in [6, 6.07) is 9.36. The molecule has 0 N–H and O–H groups in total. The average Bonchev–Trinajstić information content (AvgIpc) is 2.83. The molecule has 2 aromatic carbocycles. The van der Waals surface area contributed by atoms with Gasteiger partial charge in [0.25, 0.3) is 0 Å². The minimum absolute atomic E-state index is 0.313. The van der Waals surface area contributed by atoms with E-state index in [0.717, 1.165) is 5.56 Å². The predicted octanol–water partition coefficient (Wildman–Crippen LogP) is 3.81. The summed E-state index contributed by atoms with van der Waals surface area (Å²) in [5.74, 6) is -0.313. The lowest BCUT2D eigenvalue weighted by atomic mass is 10.2. The molecule has 7 heteroatoms. The van der Waals surface area contributed by atoms with Gasteiger partial charge in [0.1, 0.15) is 16.9 Å². The summed E-state index contributed by atoms with van der Waals surface area (Å²) in [5.41, 5.74) is 11.8. The van der Waals surface area contributed by atoms with Gasteiger partial charge in [0.2, 0.25) is 0 Å². The minimum Gasteiger partial charge on any atom is -0.207 e. The largest absolute Gasteiger partial charge is 0.207 e. The number of hydrogen-bond acceptors (Lipinski definition) is 3. The first-order valence-electron chi connectivity index (χ1n) is 5.86. The Labute approximate surface area is 113 Å². The van der Waals surface area contributed by atoms with Crippen LogP contribution >= 0.6 is 0 Å². The van der Waals surface area contributed by atoms with Crippen molar-refractivity contribution >= 4 is 16.7 Å². The third kappa shape index (κ3) is 2.06. The molecular weight excluding hydrogens is 259 g/mol. The molecule has 3 rings (SSSR count). The van der Waals surface area contributed by atoms with Crippen molar-refractivity contribution in [2.24, 2.45) is 5.11 Å². The van der Waals surface area contributed by atoms with Crippen LogP contribution in [-0.4, -0.2) is 15.0 Å². The van der Waals surface area contributed by atoms with E-state index in [9.17, 15) is 4.39 Å². The van der Waals surface area contributed by atoms with Crippen LogP contribution in [0.2, 0.25) is 0 Å². The van der Waals surface area contributed by atoms with Crippen LogP contribution in [0.1, 0.15) is 5.56 Å². The monoisotopic (exact) mass is 268 g/mol. The number of aryl methyl sites for hydroxylation is 1. The fraction of sp³-hybridized carbons (Fsp3) is 0.0769. The van der Waals surface area contributed by atoms with Gasteiger partial charge in [0.05, 0.1) is 5.69 Å². The third-order valence-corrected chi connectivity index (χ3v) is 2.91. The van der Waals surface area contributed by atoms with Crippen molar-refractivity contribution in [2.75, 3.05) is 0 Å². The van der Waals surface area contributed by atoms with Crippen LogP contribution in [-0.2, 0) is 0 Å². The second-order valence-electron chi connectivity index (χ2n) is 4.28. The lowest BCUT2D eigenvalue weighted by Gasteiger charge is -1.97. The van der Waals surface area contributed by atoms with E-state index in [2.05, 4.69) is 20.2 Å². The Morgan fingerprint density at radius 3 is 2.45 bits per heavy atom. The molecular formula is C13H9FN6. The van der Waals surface area contributed by atoms with Gasteiger partial charge >= 0.3 is 0 Å². The zero-order chi connectivity index (χ0) is 14.1. The van der Waals surface area contributed by atoms with E-state index in [1.54, 1.807) is 24.3 Å². The summed E-state index contributed by atoms with van der Waals surface area (Å²) in [4.78, 5) is 4.20. The van der Waals surface area contributed by atoms with Crippen molar-refractivity contribution in [1.82, 2.24) is 15.0 Å². The molecule has 0 amide bonds. The van der Waals surface area contributed by atoms with Crippen molar-refractivity contribution in [3.63, 3.8) is 0 Å². The minimum atomic E-state index is -0.313. The summed E-state index contributed by atoms with van der Waals surface area (Å²) in [6.45, 7) is 1.83. The molecule has 0 aliphatic heterocycles. The number of fused-ring (bicyclic) bond motifs is 1. The van der Waals surface area contributed by atoms with Crippen LogP contribution in [0.25, 0.3) is 27.2 Å². The Balaban J connectivity index is 2.15. The fourth-order valence-electron chi connectivity index (χ4n) is 1.90. The first-order chi connectivity index (χ1) is 9.67. The van der Waals surface area contributed by atoms with E-state index < -0.39 is 0 Å². The first kappa shape index (κ1) is 12.1. The standard InChI is InChI=1S/C13H9FN6/c1-8-6-12-13(7-11(8)16-19-15)18-20(17-12)10-4-2-9(14)3-5-10/h2-7H,1H3. The summed E-state index contributed by atoms with van der Waals surface area (Å²) in [7, 11) is 0. The number of azide groups is 1. The Morgan fingerprint density at radius 2 is 1.80 bits per heavy atom. The van der Waals surface area contributed by atoms with Gasteiger partial charge in [-0.3, -0.25) is 0 Å². The number of rotatable bonds is 2. The van der Waals surface area contributed by atoms with Gasteiger partial charge in [-0.2, -0.15) is 4.80 Å². The van der Waals surface area contributed by atoms with E-state index in [0.29, 0.717) is 22.4 Å². The van der Waals surface area contributed by atoms with Crippen LogP contribution in [0.15, 0.2) is 41.5 Å². The van der Waals surface area contributed by atoms with Gasteiger partial charge < -0.3 is 0 Å². The van der Waals surface area contributed by atoms with Crippen molar-refractivity contribution in [2.45, 2.75) is 6.92 Å². The highest BCUT2D eigenvalue weighted by molar-refractivity contribution is 5.79.